The van der Waals surface area contributed by atoms with Gasteiger partial charge in [-0.3, -0.25) is 10.8 Å². The monoisotopic (exact) mass is 214 g/mol. The van der Waals surface area contributed by atoms with Crippen molar-refractivity contribution in [3.05, 3.63) is 54.3 Å². The molecule has 0 aromatic heterocycles. The van der Waals surface area contributed by atoms with Gasteiger partial charge in [-0.15, -0.1) is 0 Å². The Kier molecular flexibility index (Phi) is 4.03. The van der Waals surface area contributed by atoms with Crippen LogP contribution in [0.15, 0.2) is 54.3 Å². The zero-order valence-corrected chi connectivity index (χ0v) is 8.77. The molecule has 0 radical (unpaired) electrons. The van der Waals surface area contributed by atoms with E-state index in [0.29, 0.717) is 5.70 Å². The summed E-state index contributed by atoms with van der Waals surface area (Å²) in [4.78, 5) is 0. The van der Waals surface area contributed by atoms with Crippen LogP contribution in [0, 0.1) is 10.8 Å². The number of rotatable bonds is 0. The molecule has 0 fully saturated rings. The molecule has 1 aliphatic rings. The zero-order chi connectivity index (χ0) is 12.0. The molecule has 6 N–H and O–H groups in total. The van der Waals surface area contributed by atoms with Crippen LogP contribution in [0.5, 0.6) is 0 Å². The molecule has 16 heavy (non-hydrogen) atoms. The number of hydrogen-bond acceptors (Lipinski definition) is 4. The summed E-state index contributed by atoms with van der Waals surface area (Å²) < 4.78 is 0. The summed E-state index contributed by atoms with van der Waals surface area (Å²) in [6.07, 6.45) is 4.58. The zero-order valence-electron chi connectivity index (χ0n) is 8.77. The smallest absolute Gasteiger partial charge is 0.0809 e. The highest BCUT2D eigenvalue weighted by Gasteiger charge is 2.02. The fourth-order valence-corrected chi connectivity index (χ4v) is 1.01. The van der Waals surface area contributed by atoms with Gasteiger partial charge in [-0.2, -0.15) is 0 Å². The van der Waals surface area contributed by atoms with Crippen molar-refractivity contribution in [2.24, 2.45) is 5.73 Å². The van der Waals surface area contributed by atoms with E-state index in [1.165, 1.54) is 12.2 Å². The lowest BCUT2D eigenvalue weighted by Gasteiger charge is -2.01. The first-order valence-corrected chi connectivity index (χ1v) is 4.73. The fraction of sp³-hybridized carbons (Fsp3) is 0. The Morgan fingerprint density at radius 2 is 1.44 bits per heavy atom. The van der Waals surface area contributed by atoms with E-state index in [9.17, 15) is 0 Å². The van der Waals surface area contributed by atoms with E-state index in [0.717, 1.165) is 5.69 Å². The quantitative estimate of drug-likeness (QED) is 0.390. The Morgan fingerprint density at radius 1 is 0.812 bits per heavy atom. The lowest BCUT2D eigenvalue weighted by atomic mass is 10.1. The predicted octanol–water partition coefficient (Wildman–Crippen LogP) is 1.71. The van der Waals surface area contributed by atoms with Crippen LogP contribution in [-0.2, 0) is 0 Å². The number of nitrogen functional groups attached to an aromatic ring is 1. The number of hydrogen-bond donors (Lipinski definition) is 4. The highest BCUT2D eigenvalue weighted by atomic mass is 14.6. The van der Waals surface area contributed by atoms with E-state index in [4.69, 9.17) is 22.3 Å². The van der Waals surface area contributed by atoms with Crippen LogP contribution in [-0.4, -0.2) is 11.4 Å². The molecule has 4 heteroatoms. The number of benzene rings is 1. The first-order chi connectivity index (χ1) is 7.59. The highest BCUT2D eigenvalue weighted by molar-refractivity contribution is 6.49. The summed E-state index contributed by atoms with van der Waals surface area (Å²) in [6.45, 7) is 0. The number of nitrogens with one attached hydrogen (secondary N) is 2. The van der Waals surface area contributed by atoms with Crippen molar-refractivity contribution in [1.29, 1.82) is 10.8 Å². The first kappa shape index (κ1) is 11.7. The molecular formula is C12H14N4. The van der Waals surface area contributed by atoms with Gasteiger partial charge in [-0.25, -0.2) is 0 Å². The second-order valence-electron chi connectivity index (χ2n) is 3.22. The van der Waals surface area contributed by atoms with E-state index in [-0.39, 0.29) is 11.4 Å². The number of allylic oxidation sites excluding steroid dienone is 3. The standard InChI is InChI=1S/C6H7N3.C6H7N/c7-4-1-2-5(8)6(9)3-4;7-6-4-2-1-3-5-6/h1-3,8-9H,7H2;1-5H,7H2. The van der Waals surface area contributed by atoms with Crippen molar-refractivity contribution in [3.8, 4) is 0 Å². The Hall–Kier alpha value is -2.36. The summed E-state index contributed by atoms with van der Waals surface area (Å²) in [7, 11) is 0. The third kappa shape index (κ3) is 3.79. The molecule has 1 aromatic rings. The molecule has 2 rings (SSSR count). The van der Waals surface area contributed by atoms with Crippen molar-refractivity contribution in [1.82, 2.24) is 0 Å². The van der Waals surface area contributed by atoms with Crippen molar-refractivity contribution in [2.45, 2.75) is 0 Å². The minimum Gasteiger partial charge on any atom is -0.399 e. The molecule has 0 amide bonds. The third-order valence-corrected chi connectivity index (χ3v) is 1.84. The molecular weight excluding hydrogens is 200 g/mol. The molecule has 4 nitrogen and oxygen atoms in total. The average Bonchev–Trinajstić information content (AvgIpc) is 2.26. The topological polar surface area (TPSA) is 99.7 Å². The van der Waals surface area contributed by atoms with Gasteiger partial charge in [0.05, 0.1) is 11.4 Å². The Bertz CT molecular complexity index is 443. The van der Waals surface area contributed by atoms with Crippen LogP contribution in [0.1, 0.15) is 0 Å². The summed E-state index contributed by atoms with van der Waals surface area (Å²) in [6, 6.07) is 9.49. The van der Waals surface area contributed by atoms with Gasteiger partial charge in [0.25, 0.3) is 0 Å². The lowest BCUT2D eigenvalue weighted by Crippen LogP contribution is -2.12. The minimum absolute atomic E-state index is 0.176. The van der Waals surface area contributed by atoms with Crippen LogP contribution in [0.4, 0.5) is 5.69 Å². The molecule has 1 aromatic carbocycles. The maximum Gasteiger partial charge on any atom is 0.0809 e. The Balaban J connectivity index is 0.000000165. The lowest BCUT2D eigenvalue weighted by molar-refractivity contribution is 1.40. The van der Waals surface area contributed by atoms with Gasteiger partial charge in [-0.1, -0.05) is 18.2 Å². The molecule has 0 aliphatic heterocycles. The van der Waals surface area contributed by atoms with Gasteiger partial charge in [0, 0.05) is 11.4 Å². The van der Waals surface area contributed by atoms with E-state index in [1.54, 1.807) is 6.08 Å². The molecule has 0 spiro atoms. The van der Waals surface area contributed by atoms with Crippen LogP contribution in [0.2, 0.25) is 0 Å². The van der Waals surface area contributed by atoms with Crippen molar-refractivity contribution < 1.29 is 0 Å². The summed E-state index contributed by atoms with van der Waals surface area (Å²) in [5.41, 5.74) is 12.4. The van der Waals surface area contributed by atoms with Crippen LogP contribution in [0.25, 0.3) is 0 Å². The molecule has 0 bridgehead atoms. The maximum absolute atomic E-state index is 7.09. The Labute approximate surface area is 94.3 Å². The second-order valence-corrected chi connectivity index (χ2v) is 3.22. The number of anilines is 1. The number of nitrogens with two attached hydrogens (primary N) is 2. The largest absolute Gasteiger partial charge is 0.399 e. The first-order valence-electron chi connectivity index (χ1n) is 4.73. The van der Waals surface area contributed by atoms with Gasteiger partial charge < -0.3 is 11.5 Å². The van der Waals surface area contributed by atoms with E-state index in [2.05, 4.69) is 0 Å². The molecule has 0 atom stereocenters. The Morgan fingerprint density at radius 3 is 1.81 bits per heavy atom. The van der Waals surface area contributed by atoms with Crippen LogP contribution >= 0.6 is 0 Å². The normalized spacial score (nSPS) is 13.9. The molecule has 0 unspecified atom stereocenters. The summed E-state index contributed by atoms with van der Waals surface area (Å²) in [5.74, 6) is 0. The van der Waals surface area contributed by atoms with Gasteiger partial charge in [-0.05, 0) is 30.4 Å². The van der Waals surface area contributed by atoms with E-state index >= 15 is 0 Å². The summed E-state index contributed by atoms with van der Waals surface area (Å²) in [5, 5.41) is 14.2. The van der Waals surface area contributed by atoms with Crippen molar-refractivity contribution >= 4 is 17.1 Å². The number of para-hydroxylation sites is 1. The highest BCUT2D eigenvalue weighted by Crippen LogP contribution is 1.97. The molecule has 82 valence electrons. The van der Waals surface area contributed by atoms with Gasteiger partial charge >= 0.3 is 0 Å². The minimum atomic E-state index is 0.176. The maximum atomic E-state index is 7.09. The van der Waals surface area contributed by atoms with Gasteiger partial charge in [0.15, 0.2) is 0 Å². The van der Waals surface area contributed by atoms with Crippen molar-refractivity contribution in [2.75, 3.05) is 5.73 Å². The average molecular weight is 214 g/mol. The van der Waals surface area contributed by atoms with Crippen LogP contribution < -0.4 is 11.5 Å². The summed E-state index contributed by atoms with van der Waals surface area (Å²) >= 11 is 0. The fourth-order valence-electron chi connectivity index (χ4n) is 1.01. The van der Waals surface area contributed by atoms with Gasteiger partial charge in [0.2, 0.25) is 0 Å². The molecule has 1 aliphatic carbocycles. The van der Waals surface area contributed by atoms with E-state index in [1.807, 2.05) is 30.3 Å². The molecule has 0 heterocycles. The third-order valence-electron chi connectivity index (χ3n) is 1.84. The SMILES string of the molecule is N=C1C=CC(N)=CC1=N.Nc1ccccc1. The van der Waals surface area contributed by atoms with Gasteiger partial charge in [0.1, 0.15) is 0 Å². The molecule has 0 saturated carbocycles. The predicted molar refractivity (Wildman–Crippen MR) is 67.7 cm³/mol. The molecule has 0 saturated heterocycles. The van der Waals surface area contributed by atoms with E-state index < -0.39 is 0 Å². The van der Waals surface area contributed by atoms with Crippen LogP contribution in [0.3, 0.4) is 0 Å². The van der Waals surface area contributed by atoms with Crippen molar-refractivity contribution in [3.63, 3.8) is 0 Å². The second kappa shape index (κ2) is 5.50.